The topological polar surface area (TPSA) is 77.3 Å². The van der Waals surface area contributed by atoms with Gasteiger partial charge in [0.15, 0.2) is 5.82 Å². The van der Waals surface area contributed by atoms with Crippen LogP contribution in [0.25, 0.3) is 11.3 Å². The maximum absolute atomic E-state index is 12.1. The van der Waals surface area contributed by atoms with Gasteiger partial charge in [0, 0.05) is 5.56 Å². The quantitative estimate of drug-likeness (QED) is 0.793. The number of ether oxygens (including phenoxy) is 1. The van der Waals surface area contributed by atoms with E-state index < -0.39 is 0 Å². The first-order valence-electron chi connectivity index (χ1n) is 7.42. The van der Waals surface area contributed by atoms with Crippen molar-refractivity contribution in [1.29, 1.82) is 0 Å². The van der Waals surface area contributed by atoms with Crippen molar-refractivity contribution in [3.05, 3.63) is 59.5 Å². The Labute approximate surface area is 139 Å². The van der Waals surface area contributed by atoms with Crippen LogP contribution in [0, 0.1) is 13.8 Å². The molecule has 24 heavy (non-hydrogen) atoms. The first-order chi connectivity index (χ1) is 11.6. The molecule has 0 spiro atoms. The highest BCUT2D eigenvalue weighted by atomic mass is 16.5. The van der Waals surface area contributed by atoms with Crippen LogP contribution in [0.5, 0.6) is 5.75 Å². The second-order valence-electron chi connectivity index (χ2n) is 5.34. The fraction of sp³-hybridized carbons (Fsp3) is 0.167. The van der Waals surface area contributed by atoms with Gasteiger partial charge in [-0.15, -0.1) is 10.2 Å². The standard InChI is InChI=1S/C18H17N3O3/c1-11-12(2)17(19-18(22)14-8-9-24-10-14)21-20-16(11)13-4-6-15(23-3)7-5-13/h4-10H,1-3H3,(H,19,21,22). The molecule has 2 aromatic heterocycles. The maximum atomic E-state index is 12.1. The van der Waals surface area contributed by atoms with Crippen LogP contribution in [0.15, 0.2) is 47.3 Å². The van der Waals surface area contributed by atoms with Crippen LogP contribution in [0.1, 0.15) is 21.5 Å². The highest BCUT2D eigenvalue weighted by Gasteiger charge is 2.15. The molecule has 3 rings (SSSR count). The molecule has 1 N–H and O–H groups in total. The van der Waals surface area contributed by atoms with E-state index in [1.807, 2.05) is 38.1 Å². The van der Waals surface area contributed by atoms with Crippen LogP contribution in [0.3, 0.4) is 0 Å². The number of methoxy groups -OCH3 is 1. The molecule has 2 heterocycles. The number of nitrogens with zero attached hydrogens (tertiary/aromatic N) is 2. The van der Waals surface area contributed by atoms with Crippen LogP contribution in [-0.4, -0.2) is 23.2 Å². The lowest BCUT2D eigenvalue weighted by molar-refractivity contribution is 0.102. The summed E-state index contributed by atoms with van der Waals surface area (Å²) in [6.07, 6.45) is 2.84. The molecule has 1 aromatic carbocycles. The van der Waals surface area contributed by atoms with E-state index in [1.54, 1.807) is 13.2 Å². The second kappa shape index (κ2) is 6.54. The molecule has 6 nitrogen and oxygen atoms in total. The van der Waals surface area contributed by atoms with Gasteiger partial charge in [-0.1, -0.05) is 0 Å². The molecule has 0 aliphatic carbocycles. The van der Waals surface area contributed by atoms with Gasteiger partial charge in [0.25, 0.3) is 5.91 Å². The van der Waals surface area contributed by atoms with E-state index >= 15 is 0 Å². The Morgan fingerprint density at radius 2 is 1.83 bits per heavy atom. The molecular weight excluding hydrogens is 306 g/mol. The van der Waals surface area contributed by atoms with Crippen LogP contribution in [0.2, 0.25) is 0 Å². The van der Waals surface area contributed by atoms with E-state index in [2.05, 4.69) is 15.5 Å². The molecule has 0 saturated carbocycles. The summed E-state index contributed by atoms with van der Waals surface area (Å²) >= 11 is 0. The Balaban J connectivity index is 1.89. The molecule has 0 atom stereocenters. The number of rotatable bonds is 4. The predicted octanol–water partition coefficient (Wildman–Crippen LogP) is 3.61. The van der Waals surface area contributed by atoms with Gasteiger partial charge in [-0.3, -0.25) is 4.79 Å². The number of nitrogens with one attached hydrogen (secondary N) is 1. The Kier molecular flexibility index (Phi) is 4.29. The van der Waals surface area contributed by atoms with Gasteiger partial charge in [0.05, 0.1) is 24.6 Å². The van der Waals surface area contributed by atoms with Gasteiger partial charge in [-0.05, 0) is 55.3 Å². The van der Waals surface area contributed by atoms with Crippen molar-refractivity contribution in [2.24, 2.45) is 0 Å². The van der Waals surface area contributed by atoms with Crippen molar-refractivity contribution >= 4 is 11.7 Å². The largest absolute Gasteiger partial charge is 0.497 e. The molecular formula is C18H17N3O3. The Morgan fingerprint density at radius 1 is 1.08 bits per heavy atom. The normalized spacial score (nSPS) is 10.5. The number of hydrogen-bond acceptors (Lipinski definition) is 5. The highest BCUT2D eigenvalue weighted by molar-refractivity contribution is 6.03. The summed E-state index contributed by atoms with van der Waals surface area (Å²) in [4.78, 5) is 12.1. The molecule has 0 aliphatic heterocycles. The minimum Gasteiger partial charge on any atom is -0.497 e. The first kappa shape index (κ1) is 15.7. The molecule has 3 aromatic rings. The SMILES string of the molecule is COc1ccc(-c2nnc(NC(=O)c3ccoc3)c(C)c2C)cc1. The number of benzene rings is 1. The van der Waals surface area contributed by atoms with Crippen LogP contribution >= 0.6 is 0 Å². The summed E-state index contributed by atoms with van der Waals surface area (Å²) in [7, 11) is 1.63. The minimum atomic E-state index is -0.280. The Bertz CT molecular complexity index is 856. The zero-order chi connectivity index (χ0) is 17.1. The number of aromatic nitrogens is 2. The van der Waals surface area contributed by atoms with Gasteiger partial charge in [0.2, 0.25) is 0 Å². The van der Waals surface area contributed by atoms with Gasteiger partial charge < -0.3 is 14.5 Å². The van der Waals surface area contributed by atoms with Gasteiger partial charge in [-0.25, -0.2) is 0 Å². The summed E-state index contributed by atoms with van der Waals surface area (Å²) in [5, 5.41) is 11.2. The highest BCUT2D eigenvalue weighted by Crippen LogP contribution is 2.27. The molecule has 0 aliphatic rings. The van der Waals surface area contributed by atoms with E-state index in [9.17, 15) is 4.79 Å². The molecule has 1 amide bonds. The van der Waals surface area contributed by atoms with Gasteiger partial charge in [0.1, 0.15) is 12.0 Å². The fourth-order valence-electron chi connectivity index (χ4n) is 2.32. The van der Waals surface area contributed by atoms with Crippen LogP contribution in [-0.2, 0) is 0 Å². The van der Waals surface area contributed by atoms with E-state index in [1.165, 1.54) is 12.5 Å². The monoisotopic (exact) mass is 323 g/mol. The zero-order valence-electron chi connectivity index (χ0n) is 13.7. The minimum absolute atomic E-state index is 0.280. The molecule has 0 unspecified atom stereocenters. The molecule has 122 valence electrons. The Morgan fingerprint density at radius 3 is 2.46 bits per heavy atom. The number of carbonyl (C=O) groups is 1. The average molecular weight is 323 g/mol. The third-order valence-electron chi connectivity index (χ3n) is 3.90. The van der Waals surface area contributed by atoms with E-state index in [-0.39, 0.29) is 5.91 Å². The molecule has 0 saturated heterocycles. The van der Waals surface area contributed by atoms with Crippen molar-refractivity contribution in [3.8, 4) is 17.0 Å². The average Bonchev–Trinajstić information content (AvgIpc) is 3.14. The molecule has 0 fully saturated rings. The van der Waals surface area contributed by atoms with Crippen LogP contribution < -0.4 is 10.1 Å². The van der Waals surface area contributed by atoms with E-state index in [0.717, 1.165) is 28.1 Å². The van der Waals surface area contributed by atoms with Crippen molar-refractivity contribution in [2.45, 2.75) is 13.8 Å². The lowest BCUT2D eigenvalue weighted by Crippen LogP contribution is -2.14. The predicted molar refractivity (Wildman–Crippen MR) is 90.2 cm³/mol. The van der Waals surface area contributed by atoms with Crippen molar-refractivity contribution < 1.29 is 13.9 Å². The summed E-state index contributed by atoms with van der Waals surface area (Å²) in [6.45, 7) is 3.86. The molecule has 0 radical (unpaired) electrons. The first-order valence-corrected chi connectivity index (χ1v) is 7.42. The summed E-state index contributed by atoms with van der Waals surface area (Å²) < 4.78 is 10.1. The number of furan rings is 1. The summed E-state index contributed by atoms with van der Waals surface area (Å²) in [5.41, 5.74) is 3.98. The Hall–Kier alpha value is -3.15. The van der Waals surface area contributed by atoms with Crippen molar-refractivity contribution in [1.82, 2.24) is 10.2 Å². The van der Waals surface area contributed by atoms with E-state index in [4.69, 9.17) is 9.15 Å². The van der Waals surface area contributed by atoms with Crippen molar-refractivity contribution in [2.75, 3.05) is 12.4 Å². The number of anilines is 1. The third-order valence-corrected chi connectivity index (χ3v) is 3.90. The second-order valence-corrected chi connectivity index (χ2v) is 5.34. The number of amides is 1. The third kappa shape index (κ3) is 2.99. The smallest absolute Gasteiger partial charge is 0.260 e. The molecule has 0 bridgehead atoms. The van der Waals surface area contributed by atoms with Gasteiger partial charge >= 0.3 is 0 Å². The fourth-order valence-corrected chi connectivity index (χ4v) is 2.32. The van der Waals surface area contributed by atoms with E-state index in [0.29, 0.717) is 11.4 Å². The maximum Gasteiger partial charge on any atom is 0.260 e. The van der Waals surface area contributed by atoms with Crippen molar-refractivity contribution in [3.63, 3.8) is 0 Å². The van der Waals surface area contributed by atoms with Gasteiger partial charge in [-0.2, -0.15) is 0 Å². The lowest BCUT2D eigenvalue weighted by Gasteiger charge is -2.12. The molecule has 6 heteroatoms. The lowest BCUT2D eigenvalue weighted by atomic mass is 10.0. The zero-order valence-corrected chi connectivity index (χ0v) is 13.7. The summed E-state index contributed by atoms with van der Waals surface area (Å²) in [5.74, 6) is 0.943. The van der Waals surface area contributed by atoms with Crippen LogP contribution in [0.4, 0.5) is 5.82 Å². The summed E-state index contributed by atoms with van der Waals surface area (Å²) in [6, 6.07) is 9.20. The number of carbonyl (C=O) groups excluding carboxylic acids is 1. The number of hydrogen-bond donors (Lipinski definition) is 1.